The van der Waals surface area contributed by atoms with Gasteiger partial charge < -0.3 is 26.8 Å². The van der Waals surface area contributed by atoms with E-state index in [1.54, 1.807) is 0 Å². The summed E-state index contributed by atoms with van der Waals surface area (Å²) in [6.07, 6.45) is 2.38. The Morgan fingerprint density at radius 2 is 2.00 bits per heavy atom. The standard InChI is InChI=1S/C11H22N4O3/c12-9(10(16)17)3-6-14-11(18)15-7-8-1-4-13-5-2-8/h8-9,13H,1-7,12H2,(H,16,17)(H2,14,15,18). The van der Waals surface area contributed by atoms with E-state index >= 15 is 0 Å². The predicted octanol–water partition coefficient (Wildman–Crippen LogP) is -0.913. The lowest BCUT2D eigenvalue weighted by Gasteiger charge is -2.22. The molecule has 0 aliphatic carbocycles. The molecule has 0 saturated carbocycles. The largest absolute Gasteiger partial charge is 0.480 e. The molecule has 1 aliphatic rings. The Balaban J connectivity index is 2.04. The summed E-state index contributed by atoms with van der Waals surface area (Å²) in [7, 11) is 0. The Labute approximate surface area is 106 Å². The van der Waals surface area contributed by atoms with Gasteiger partial charge in [-0.05, 0) is 38.3 Å². The Morgan fingerprint density at radius 3 is 2.61 bits per heavy atom. The minimum absolute atomic E-state index is 0.232. The van der Waals surface area contributed by atoms with Crippen LogP contribution in [0.3, 0.4) is 0 Å². The third-order valence-corrected chi connectivity index (χ3v) is 3.07. The third-order valence-electron chi connectivity index (χ3n) is 3.07. The highest BCUT2D eigenvalue weighted by molar-refractivity contribution is 5.74. The molecule has 0 bridgehead atoms. The molecule has 1 heterocycles. The highest BCUT2D eigenvalue weighted by Gasteiger charge is 2.14. The average molecular weight is 258 g/mol. The van der Waals surface area contributed by atoms with Crippen LogP contribution in [0.5, 0.6) is 0 Å². The van der Waals surface area contributed by atoms with E-state index in [0.717, 1.165) is 25.9 Å². The molecule has 6 N–H and O–H groups in total. The molecule has 0 aromatic heterocycles. The Morgan fingerprint density at radius 1 is 1.33 bits per heavy atom. The van der Waals surface area contributed by atoms with Crippen molar-refractivity contribution in [1.82, 2.24) is 16.0 Å². The van der Waals surface area contributed by atoms with Crippen LogP contribution in [0.15, 0.2) is 0 Å². The van der Waals surface area contributed by atoms with Crippen LogP contribution in [0.4, 0.5) is 4.79 Å². The van der Waals surface area contributed by atoms with Gasteiger partial charge in [0.25, 0.3) is 0 Å². The molecule has 1 fully saturated rings. The number of carboxylic acids is 1. The number of urea groups is 1. The van der Waals surface area contributed by atoms with Crippen LogP contribution in [0.2, 0.25) is 0 Å². The molecule has 18 heavy (non-hydrogen) atoms. The van der Waals surface area contributed by atoms with Gasteiger partial charge in [0.2, 0.25) is 0 Å². The van der Waals surface area contributed by atoms with Crippen molar-refractivity contribution in [2.45, 2.75) is 25.3 Å². The number of hydrogen-bond donors (Lipinski definition) is 5. The summed E-state index contributed by atoms with van der Waals surface area (Å²) in [6, 6.07) is -1.18. The van der Waals surface area contributed by atoms with Crippen molar-refractivity contribution in [2.24, 2.45) is 11.7 Å². The first-order chi connectivity index (χ1) is 8.59. The van der Waals surface area contributed by atoms with Gasteiger partial charge in [0.1, 0.15) is 6.04 Å². The van der Waals surface area contributed by atoms with Crippen molar-refractivity contribution >= 4 is 12.0 Å². The van der Waals surface area contributed by atoms with Crippen LogP contribution in [0, 0.1) is 5.92 Å². The Hall–Kier alpha value is -1.34. The smallest absolute Gasteiger partial charge is 0.320 e. The quantitative estimate of drug-likeness (QED) is 0.423. The van der Waals surface area contributed by atoms with Crippen LogP contribution in [0.25, 0.3) is 0 Å². The van der Waals surface area contributed by atoms with Crippen molar-refractivity contribution in [3.8, 4) is 0 Å². The summed E-state index contributed by atoms with van der Waals surface area (Å²) in [5.41, 5.74) is 5.32. The fraction of sp³-hybridized carbons (Fsp3) is 0.818. The molecular formula is C11H22N4O3. The number of carbonyl (C=O) groups excluding carboxylic acids is 1. The lowest BCUT2D eigenvalue weighted by atomic mass is 9.98. The van der Waals surface area contributed by atoms with Gasteiger partial charge in [-0.3, -0.25) is 4.79 Å². The van der Waals surface area contributed by atoms with Crippen molar-refractivity contribution in [2.75, 3.05) is 26.2 Å². The fourth-order valence-electron chi connectivity index (χ4n) is 1.85. The van der Waals surface area contributed by atoms with E-state index in [-0.39, 0.29) is 19.0 Å². The molecule has 0 spiro atoms. The SMILES string of the molecule is NC(CCNC(=O)NCC1CCNCC1)C(=O)O. The van der Waals surface area contributed by atoms with E-state index in [1.165, 1.54) is 0 Å². The molecule has 1 unspecified atom stereocenters. The monoisotopic (exact) mass is 258 g/mol. The van der Waals surface area contributed by atoms with Crippen molar-refractivity contribution < 1.29 is 14.7 Å². The second kappa shape index (κ2) is 7.88. The zero-order chi connectivity index (χ0) is 13.4. The van der Waals surface area contributed by atoms with Gasteiger partial charge in [-0.1, -0.05) is 0 Å². The van der Waals surface area contributed by atoms with Crippen LogP contribution < -0.4 is 21.7 Å². The first kappa shape index (κ1) is 14.7. The van der Waals surface area contributed by atoms with E-state index in [1.807, 2.05) is 0 Å². The molecule has 1 aliphatic heterocycles. The number of nitrogens with one attached hydrogen (secondary N) is 3. The molecule has 0 aromatic carbocycles. The highest BCUT2D eigenvalue weighted by Crippen LogP contribution is 2.09. The van der Waals surface area contributed by atoms with Gasteiger partial charge in [-0.2, -0.15) is 0 Å². The zero-order valence-electron chi connectivity index (χ0n) is 10.4. The number of hydrogen-bond acceptors (Lipinski definition) is 4. The Kier molecular flexibility index (Phi) is 6.45. The highest BCUT2D eigenvalue weighted by atomic mass is 16.4. The maximum absolute atomic E-state index is 11.4. The van der Waals surface area contributed by atoms with E-state index in [2.05, 4.69) is 16.0 Å². The van der Waals surface area contributed by atoms with Gasteiger partial charge in [-0.15, -0.1) is 0 Å². The summed E-state index contributed by atoms with van der Waals surface area (Å²) in [4.78, 5) is 21.9. The molecule has 1 rings (SSSR count). The minimum atomic E-state index is -1.05. The molecule has 7 heteroatoms. The van der Waals surface area contributed by atoms with Gasteiger partial charge in [0.15, 0.2) is 0 Å². The van der Waals surface area contributed by atoms with E-state index in [9.17, 15) is 9.59 Å². The normalized spacial score (nSPS) is 18.1. The van der Waals surface area contributed by atoms with E-state index in [0.29, 0.717) is 12.5 Å². The van der Waals surface area contributed by atoms with E-state index in [4.69, 9.17) is 10.8 Å². The van der Waals surface area contributed by atoms with Crippen LogP contribution in [-0.2, 0) is 4.79 Å². The van der Waals surface area contributed by atoms with Crippen LogP contribution in [0.1, 0.15) is 19.3 Å². The second-order valence-electron chi connectivity index (χ2n) is 4.56. The van der Waals surface area contributed by atoms with Crippen molar-refractivity contribution in [3.05, 3.63) is 0 Å². The first-order valence-corrected chi connectivity index (χ1v) is 6.30. The van der Waals surface area contributed by atoms with Crippen LogP contribution >= 0.6 is 0 Å². The number of nitrogens with two attached hydrogens (primary N) is 1. The number of carboxylic acid groups (broad SMARTS) is 1. The fourth-order valence-corrected chi connectivity index (χ4v) is 1.85. The summed E-state index contributed by atoms with van der Waals surface area (Å²) >= 11 is 0. The Bertz CT molecular complexity index is 279. The number of amides is 2. The maximum atomic E-state index is 11.4. The van der Waals surface area contributed by atoms with Crippen molar-refractivity contribution in [3.63, 3.8) is 0 Å². The predicted molar refractivity (Wildman–Crippen MR) is 67.2 cm³/mol. The molecule has 2 amide bonds. The molecule has 1 saturated heterocycles. The summed E-state index contributed by atoms with van der Waals surface area (Å²) in [6.45, 7) is 2.94. The maximum Gasteiger partial charge on any atom is 0.320 e. The number of piperidine rings is 1. The van der Waals surface area contributed by atoms with Crippen LogP contribution in [-0.4, -0.2) is 49.3 Å². The summed E-state index contributed by atoms with van der Waals surface area (Å²) in [5, 5.41) is 17.2. The first-order valence-electron chi connectivity index (χ1n) is 6.30. The number of carbonyl (C=O) groups is 2. The van der Waals surface area contributed by atoms with E-state index < -0.39 is 12.0 Å². The minimum Gasteiger partial charge on any atom is -0.480 e. The zero-order valence-corrected chi connectivity index (χ0v) is 10.4. The number of rotatable bonds is 6. The molecule has 1 atom stereocenters. The topological polar surface area (TPSA) is 116 Å². The van der Waals surface area contributed by atoms with Gasteiger partial charge in [0, 0.05) is 13.1 Å². The van der Waals surface area contributed by atoms with Gasteiger partial charge in [-0.25, -0.2) is 4.79 Å². The lowest BCUT2D eigenvalue weighted by Crippen LogP contribution is -2.42. The van der Waals surface area contributed by atoms with Gasteiger partial charge in [0.05, 0.1) is 0 Å². The van der Waals surface area contributed by atoms with Gasteiger partial charge >= 0.3 is 12.0 Å². The molecule has 7 nitrogen and oxygen atoms in total. The van der Waals surface area contributed by atoms with Crippen molar-refractivity contribution in [1.29, 1.82) is 0 Å². The average Bonchev–Trinajstić information content (AvgIpc) is 2.37. The third kappa shape index (κ3) is 5.83. The molecule has 104 valence electrons. The second-order valence-corrected chi connectivity index (χ2v) is 4.56. The summed E-state index contributed by atoms with van der Waals surface area (Å²) in [5.74, 6) is -0.523. The lowest BCUT2D eigenvalue weighted by molar-refractivity contribution is -0.138. The summed E-state index contributed by atoms with van der Waals surface area (Å²) < 4.78 is 0. The molecule has 0 aromatic rings. The molecule has 0 radical (unpaired) electrons. The number of aliphatic carboxylic acids is 1. The molecular weight excluding hydrogens is 236 g/mol.